The Balaban J connectivity index is 1.28. The minimum Gasteiger partial charge on any atom is -0.481 e. The molecule has 13 heteroatoms. The molecule has 0 spiro atoms. The van der Waals surface area contributed by atoms with Crippen molar-refractivity contribution in [1.82, 2.24) is 10.3 Å². The smallest absolute Gasteiger partial charge is 0.387 e. The van der Waals surface area contributed by atoms with E-state index in [0.29, 0.717) is 33.8 Å². The van der Waals surface area contributed by atoms with Crippen LogP contribution in [0.5, 0.6) is 11.5 Å². The van der Waals surface area contributed by atoms with Crippen LogP contribution in [0.4, 0.5) is 23.4 Å². The van der Waals surface area contributed by atoms with Gasteiger partial charge < -0.3 is 24.8 Å². The van der Waals surface area contributed by atoms with Crippen molar-refractivity contribution in [3.63, 3.8) is 0 Å². The number of benzene rings is 2. The predicted octanol–water partition coefficient (Wildman–Crippen LogP) is 5.94. The summed E-state index contributed by atoms with van der Waals surface area (Å²) in [5.41, 5.74) is -2.05. The number of fused-ring (bicyclic) bond motifs is 2. The monoisotopic (exact) mass is 663 g/mol. The van der Waals surface area contributed by atoms with Gasteiger partial charge in [0.25, 0.3) is 11.8 Å². The number of ether oxygens (including phenoxy) is 2. The van der Waals surface area contributed by atoms with Crippen molar-refractivity contribution >= 4 is 44.5 Å². The van der Waals surface area contributed by atoms with Crippen LogP contribution in [0.25, 0.3) is 10.9 Å². The summed E-state index contributed by atoms with van der Waals surface area (Å²) in [6.45, 7) is -2.45. The van der Waals surface area contributed by atoms with Crippen LogP contribution in [0, 0.1) is 18.3 Å². The van der Waals surface area contributed by atoms with Crippen LogP contribution in [0.15, 0.2) is 46.9 Å². The summed E-state index contributed by atoms with van der Waals surface area (Å²) in [7, 11) is 0. The lowest BCUT2D eigenvalue weighted by Crippen LogP contribution is -2.57. The van der Waals surface area contributed by atoms with Gasteiger partial charge in [0.05, 0.1) is 35.1 Å². The van der Waals surface area contributed by atoms with E-state index in [1.807, 2.05) is 0 Å². The number of halogens is 5. The van der Waals surface area contributed by atoms with E-state index in [9.17, 15) is 32.3 Å². The van der Waals surface area contributed by atoms with Gasteiger partial charge in [-0.25, -0.2) is 13.8 Å². The number of hydrogen-bond acceptors (Lipinski definition) is 6. The summed E-state index contributed by atoms with van der Waals surface area (Å²) in [5, 5.41) is 13.8. The van der Waals surface area contributed by atoms with Crippen molar-refractivity contribution in [2.45, 2.75) is 56.3 Å². The lowest BCUT2D eigenvalue weighted by Gasteiger charge is -2.42. The van der Waals surface area contributed by atoms with Crippen LogP contribution >= 0.6 is 15.9 Å². The highest BCUT2D eigenvalue weighted by Crippen LogP contribution is 2.77. The van der Waals surface area contributed by atoms with Crippen molar-refractivity contribution in [2.75, 3.05) is 18.0 Å². The molecule has 4 bridgehead atoms. The molecule has 1 amide bonds. The van der Waals surface area contributed by atoms with Crippen LogP contribution in [0.2, 0.25) is 0 Å². The first-order valence-electron chi connectivity index (χ1n) is 13.8. The number of carboxylic acids is 1. The molecule has 1 saturated heterocycles. The van der Waals surface area contributed by atoms with Gasteiger partial charge in [0.2, 0.25) is 0 Å². The molecule has 4 atom stereocenters. The molecule has 1 aromatic heterocycles. The molecule has 8 rings (SSSR count). The van der Waals surface area contributed by atoms with Gasteiger partial charge in [-0.05, 0) is 56.5 Å². The molecule has 2 heterocycles. The number of carbonyl (C=O) groups excluding carboxylic acids is 1. The van der Waals surface area contributed by atoms with Gasteiger partial charge in [0, 0.05) is 27.8 Å². The van der Waals surface area contributed by atoms with E-state index in [1.165, 1.54) is 23.1 Å². The zero-order chi connectivity index (χ0) is 30.5. The Morgan fingerprint density at radius 3 is 2.53 bits per heavy atom. The molecule has 43 heavy (non-hydrogen) atoms. The zero-order valence-electron chi connectivity index (χ0n) is 22.8. The Hall–Kier alpha value is -3.61. The molecular weight excluding hydrogens is 638 g/mol. The Labute approximate surface area is 251 Å². The Kier molecular flexibility index (Phi) is 6.03. The number of carboxylic acid groups (broad SMARTS) is 1. The second-order valence-electron chi connectivity index (χ2n) is 12.1. The van der Waals surface area contributed by atoms with Gasteiger partial charge in [0.1, 0.15) is 11.4 Å². The van der Waals surface area contributed by atoms with Crippen molar-refractivity contribution in [1.29, 1.82) is 0 Å². The van der Waals surface area contributed by atoms with Gasteiger partial charge >= 0.3 is 12.6 Å². The normalized spacial score (nSPS) is 29.7. The van der Waals surface area contributed by atoms with Crippen LogP contribution < -0.4 is 19.7 Å². The van der Waals surface area contributed by atoms with Crippen molar-refractivity contribution in [3.8, 4) is 11.5 Å². The summed E-state index contributed by atoms with van der Waals surface area (Å²) in [5.74, 6) is -4.56. The lowest BCUT2D eigenvalue weighted by molar-refractivity contribution is -0.153. The molecule has 2 aromatic carbocycles. The number of pyridine rings is 1. The fourth-order valence-corrected chi connectivity index (χ4v) is 8.11. The number of nitrogens with one attached hydrogen (secondary N) is 1. The third kappa shape index (κ3) is 4.10. The summed E-state index contributed by atoms with van der Waals surface area (Å²) in [6, 6.07) is 11.1. The van der Waals surface area contributed by atoms with Gasteiger partial charge in [-0.15, -0.1) is 0 Å². The van der Waals surface area contributed by atoms with E-state index in [1.54, 1.807) is 31.2 Å². The van der Waals surface area contributed by atoms with E-state index >= 15 is 0 Å². The predicted molar refractivity (Wildman–Crippen MR) is 150 cm³/mol. The number of hydrogen-bond donors (Lipinski definition) is 2. The molecule has 0 radical (unpaired) electrons. The van der Waals surface area contributed by atoms with Crippen LogP contribution in [-0.4, -0.2) is 58.7 Å². The molecule has 3 unspecified atom stereocenters. The Morgan fingerprint density at radius 1 is 1.14 bits per heavy atom. The Morgan fingerprint density at radius 2 is 1.86 bits per heavy atom. The Bertz CT molecular complexity index is 1700. The number of amides is 1. The first-order chi connectivity index (χ1) is 20.3. The number of alkyl halides is 4. The topological polar surface area (TPSA) is 101 Å². The highest BCUT2D eigenvalue weighted by atomic mass is 79.9. The second kappa shape index (κ2) is 9.20. The summed E-state index contributed by atoms with van der Waals surface area (Å²) in [6.07, 6.45) is 0.926. The number of para-hydroxylation sites is 2. The number of anilines is 1. The average Bonchev–Trinajstić information content (AvgIpc) is 3.28. The molecule has 4 aliphatic carbocycles. The maximum absolute atomic E-state index is 14.3. The summed E-state index contributed by atoms with van der Waals surface area (Å²) < 4.78 is 65.7. The van der Waals surface area contributed by atoms with Crippen molar-refractivity contribution in [2.24, 2.45) is 11.3 Å². The van der Waals surface area contributed by atoms with Crippen molar-refractivity contribution in [3.05, 3.63) is 58.1 Å². The molecule has 226 valence electrons. The largest absolute Gasteiger partial charge is 0.481 e. The number of carbonyl (C=O) groups is 2. The van der Waals surface area contributed by atoms with E-state index in [0.717, 1.165) is 0 Å². The SMILES string of the molecule is Cc1c(N2CC(F)(F)C2)nc2ccc(Br)cc2c1C(=O)NC12CCC3(C(=O)O)CC1[C@@]2(Oc1ccccc1OC(F)F)C3. The number of aliphatic carboxylic acids is 1. The molecule has 5 aliphatic rings. The second-order valence-corrected chi connectivity index (χ2v) is 13.0. The highest BCUT2D eigenvalue weighted by Gasteiger charge is 2.89. The fourth-order valence-electron chi connectivity index (χ4n) is 7.75. The van der Waals surface area contributed by atoms with Crippen LogP contribution in [-0.2, 0) is 4.79 Å². The molecule has 8 nitrogen and oxygen atoms in total. The third-order valence-electron chi connectivity index (χ3n) is 9.71. The molecular formula is C30H26BrF4N3O5. The molecule has 3 aromatic rings. The van der Waals surface area contributed by atoms with E-state index in [4.69, 9.17) is 4.74 Å². The molecule has 2 N–H and O–H groups in total. The number of rotatable bonds is 8. The zero-order valence-corrected chi connectivity index (χ0v) is 24.4. The minimum atomic E-state index is -3.10. The van der Waals surface area contributed by atoms with Crippen LogP contribution in [0.3, 0.4) is 0 Å². The van der Waals surface area contributed by atoms with Gasteiger partial charge in [-0.3, -0.25) is 9.59 Å². The maximum Gasteiger partial charge on any atom is 0.387 e. The highest BCUT2D eigenvalue weighted by molar-refractivity contribution is 9.10. The molecule has 5 fully saturated rings. The molecule has 4 saturated carbocycles. The summed E-state index contributed by atoms with van der Waals surface area (Å²) in [4.78, 5) is 32.7. The fraction of sp³-hybridized carbons (Fsp3) is 0.433. The van der Waals surface area contributed by atoms with E-state index < -0.39 is 60.0 Å². The molecule has 1 aliphatic heterocycles. The minimum absolute atomic E-state index is 0.0301. The first kappa shape index (κ1) is 28.2. The number of aromatic nitrogens is 1. The number of nitrogens with zero attached hydrogens (tertiary/aromatic N) is 2. The van der Waals surface area contributed by atoms with E-state index in [2.05, 4.69) is 31.0 Å². The maximum atomic E-state index is 14.3. The first-order valence-corrected chi connectivity index (χ1v) is 14.6. The summed E-state index contributed by atoms with van der Waals surface area (Å²) >= 11 is 3.44. The van der Waals surface area contributed by atoms with Crippen LogP contribution in [0.1, 0.15) is 41.6 Å². The van der Waals surface area contributed by atoms with E-state index in [-0.39, 0.29) is 35.7 Å². The quantitative estimate of drug-likeness (QED) is 0.288. The standard InChI is InChI=1S/C30H26BrF4N3O5/c1-15-22(17-10-16(31)6-7-18(17)36-23(15)38-13-28(34,35)14-38)24(39)37-29-9-8-27(25(40)41)11-21(29)30(29,12-27)43-20-5-3-2-4-19(20)42-26(32)33/h2-7,10,21,26H,8-9,11-14H2,1H3,(H,37,39)(H,40,41)/t21?,27?,29?,30-/m0/s1. The van der Waals surface area contributed by atoms with Gasteiger partial charge in [0.15, 0.2) is 11.5 Å². The van der Waals surface area contributed by atoms with Gasteiger partial charge in [-0.1, -0.05) is 28.1 Å². The lowest BCUT2D eigenvalue weighted by atomic mass is 9.68. The van der Waals surface area contributed by atoms with Crippen molar-refractivity contribution < 1.29 is 41.7 Å². The average molecular weight is 664 g/mol. The van der Waals surface area contributed by atoms with Gasteiger partial charge in [-0.2, -0.15) is 8.78 Å². The third-order valence-corrected chi connectivity index (χ3v) is 10.2.